The van der Waals surface area contributed by atoms with E-state index in [1.165, 1.54) is 29.8 Å². The Bertz CT molecular complexity index is 740. The van der Waals surface area contributed by atoms with E-state index in [-0.39, 0.29) is 16.9 Å². The SMILES string of the molecule is CC(=O)c1cccc(NC(=O)[C@@H](C)Sc2ccc(C)cc2C)c1. The molecule has 1 amide bonds. The van der Waals surface area contributed by atoms with E-state index in [9.17, 15) is 9.59 Å². The molecule has 0 aliphatic heterocycles. The Morgan fingerprint density at radius 3 is 2.48 bits per heavy atom. The summed E-state index contributed by atoms with van der Waals surface area (Å²) in [5.74, 6) is -0.0884. The number of hydrogen-bond acceptors (Lipinski definition) is 3. The van der Waals surface area contributed by atoms with Crippen LogP contribution in [-0.4, -0.2) is 16.9 Å². The Balaban J connectivity index is 2.05. The largest absolute Gasteiger partial charge is 0.325 e. The molecule has 0 fully saturated rings. The Morgan fingerprint density at radius 1 is 1.09 bits per heavy atom. The van der Waals surface area contributed by atoms with Gasteiger partial charge in [-0.3, -0.25) is 9.59 Å². The predicted molar refractivity (Wildman–Crippen MR) is 96.3 cm³/mol. The molecule has 0 saturated carbocycles. The van der Waals surface area contributed by atoms with Crippen LogP contribution < -0.4 is 5.32 Å². The number of hydrogen-bond donors (Lipinski definition) is 1. The maximum atomic E-state index is 12.4. The van der Waals surface area contributed by atoms with Crippen molar-refractivity contribution in [2.24, 2.45) is 0 Å². The first-order valence-corrected chi connectivity index (χ1v) is 8.40. The molecule has 1 N–H and O–H groups in total. The smallest absolute Gasteiger partial charge is 0.237 e. The van der Waals surface area contributed by atoms with E-state index in [4.69, 9.17) is 0 Å². The number of benzene rings is 2. The second-order valence-electron chi connectivity index (χ2n) is 5.66. The molecule has 2 aromatic rings. The molecule has 0 heterocycles. The lowest BCUT2D eigenvalue weighted by Gasteiger charge is -2.14. The highest BCUT2D eigenvalue weighted by atomic mass is 32.2. The summed E-state index contributed by atoms with van der Waals surface area (Å²) >= 11 is 1.54. The fourth-order valence-corrected chi connectivity index (χ4v) is 3.17. The van der Waals surface area contributed by atoms with Gasteiger partial charge in [-0.2, -0.15) is 0 Å². The van der Waals surface area contributed by atoms with Crippen molar-refractivity contribution in [1.82, 2.24) is 0 Å². The molecule has 120 valence electrons. The number of aryl methyl sites for hydroxylation is 2. The van der Waals surface area contributed by atoms with Gasteiger partial charge in [0.15, 0.2) is 5.78 Å². The first-order valence-electron chi connectivity index (χ1n) is 7.52. The Morgan fingerprint density at radius 2 is 1.83 bits per heavy atom. The fraction of sp³-hybridized carbons (Fsp3) is 0.263. The van der Waals surface area contributed by atoms with Gasteiger partial charge in [-0.15, -0.1) is 11.8 Å². The third-order valence-electron chi connectivity index (χ3n) is 3.54. The van der Waals surface area contributed by atoms with Gasteiger partial charge >= 0.3 is 0 Å². The normalized spacial score (nSPS) is 11.8. The highest BCUT2D eigenvalue weighted by Gasteiger charge is 2.16. The highest BCUT2D eigenvalue weighted by molar-refractivity contribution is 8.00. The number of ketones is 1. The third kappa shape index (κ3) is 4.70. The van der Waals surface area contributed by atoms with Crippen molar-refractivity contribution in [2.45, 2.75) is 37.8 Å². The molecule has 0 aliphatic carbocycles. The van der Waals surface area contributed by atoms with Crippen molar-refractivity contribution in [1.29, 1.82) is 0 Å². The van der Waals surface area contributed by atoms with Crippen molar-refractivity contribution < 1.29 is 9.59 Å². The van der Waals surface area contributed by atoms with Gasteiger partial charge in [0.05, 0.1) is 5.25 Å². The molecule has 2 aromatic carbocycles. The van der Waals surface area contributed by atoms with E-state index in [0.717, 1.165) is 4.90 Å². The number of carbonyl (C=O) groups excluding carboxylic acids is 2. The summed E-state index contributed by atoms with van der Waals surface area (Å²) in [6, 6.07) is 13.2. The van der Waals surface area contributed by atoms with Gasteiger partial charge in [0, 0.05) is 16.1 Å². The fourth-order valence-electron chi connectivity index (χ4n) is 2.24. The molecule has 0 aromatic heterocycles. The summed E-state index contributed by atoms with van der Waals surface area (Å²) in [5, 5.41) is 2.65. The van der Waals surface area contributed by atoms with Crippen LogP contribution in [0, 0.1) is 13.8 Å². The van der Waals surface area contributed by atoms with Crippen molar-refractivity contribution in [3.8, 4) is 0 Å². The summed E-state index contributed by atoms with van der Waals surface area (Å²) in [5.41, 5.74) is 3.63. The quantitative estimate of drug-likeness (QED) is 0.643. The summed E-state index contributed by atoms with van der Waals surface area (Å²) in [7, 11) is 0. The molecule has 0 radical (unpaired) electrons. The Labute approximate surface area is 141 Å². The Hall–Kier alpha value is -2.07. The minimum absolute atomic E-state index is 0.0150. The lowest BCUT2D eigenvalue weighted by Crippen LogP contribution is -2.22. The standard InChI is InChI=1S/C19H21NO2S/c1-12-8-9-18(13(2)10-12)23-15(4)19(22)20-17-7-5-6-16(11-17)14(3)21/h5-11,15H,1-4H3,(H,20,22)/t15-/m1/s1. The van der Waals surface area contributed by atoms with E-state index >= 15 is 0 Å². The average molecular weight is 327 g/mol. The maximum Gasteiger partial charge on any atom is 0.237 e. The lowest BCUT2D eigenvalue weighted by molar-refractivity contribution is -0.115. The van der Waals surface area contributed by atoms with Crippen LogP contribution in [0.1, 0.15) is 35.3 Å². The zero-order valence-corrected chi connectivity index (χ0v) is 14.7. The van der Waals surface area contributed by atoms with Crippen LogP contribution in [0.2, 0.25) is 0 Å². The number of Topliss-reactive ketones (excluding diaryl/α,β-unsaturated/α-hetero) is 1. The number of rotatable bonds is 5. The molecule has 0 bridgehead atoms. The topological polar surface area (TPSA) is 46.2 Å². The van der Waals surface area contributed by atoms with Crippen LogP contribution in [0.4, 0.5) is 5.69 Å². The molecule has 0 spiro atoms. The van der Waals surface area contributed by atoms with Crippen LogP contribution >= 0.6 is 11.8 Å². The summed E-state index contributed by atoms with van der Waals surface area (Å²) in [6.07, 6.45) is 0. The molecule has 0 aliphatic rings. The first-order chi connectivity index (χ1) is 10.9. The van der Waals surface area contributed by atoms with Crippen LogP contribution in [0.25, 0.3) is 0 Å². The Kier molecular flexibility index (Phi) is 5.61. The molecule has 4 heteroatoms. The van der Waals surface area contributed by atoms with Crippen LogP contribution in [0.3, 0.4) is 0 Å². The molecule has 2 rings (SSSR count). The van der Waals surface area contributed by atoms with Crippen LogP contribution in [-0.2, 0) is 4.79 Å². The number of amides is 1. The van der Waals surface area contributed by atoms with E-state index < -0.39 is 0 Å². The lowest BCUT2D eigenvalue weighted by atomic mass is 10.1. The molecule has 0 unspecified atom stereocenters. The molecule has 1 atom stereocenters. The minimum Gasteiger partial charge on any atom is -0.325 e. The van der Waals surface area contributed by atoms with Gasteiger partial charge in [-0.1, -0.05) is 29.8 Å². The summed E-state index contributed by atoms with van der Waals surface area (Å²) in [6.45, 7) is 7.50. The van der Waals surface area contributed by atoms with Gasteiger partial charge in [-0.25, -0.2) is 0 Å². The van der Waals surface area contributed by atoms with Crippen molar-refractivity contribution >= 4 is 29.1 Å². The number of carbonyl (C=O) groups is 2. The first kappa shape index (κ1) is 17.3. The zero-order chi connectivity index (χ0) is 17.0. The second-order valence-corrected chi connectivity index (χ2v) is 7.04. The molecule has 0 saturated heterocycles. The van der Waals surface area contributed by atoms with Gasteiger partial charge in [0.1, 0.15) is 0 Å². The number of nitrogens with one attached hydrogen (secondary N) is 1. The van der Waals surface area contributed by atoms with Crippen molar-refractivity contribution in [3.63, 3.8) is 0 Å². The minimum atomic E-state index is -0.225. The number of anilines is 1. The van der Waals surface area contributed by atoms with Crippen LogP contribution in [0.15, 0.2) is 47.4 Å². The van der Waals surface area contributed by atoms with Gasteiger partial charge in [0.2, 0.25) is 5.91 Å². The van der Waals surface area contributed by atoms with E-state index in [0.29, 0.717) is 11.3 Å². The van der Waals surface area contributed by atoms with Gasteiger partial charge in [-0.05, 0) is 51.5 Å². The molecule has 23 heavy (non-hydrogen) atoms. The summed E-state index contributed by atoms with van der Waals surface area (Å²) in [4.78, 5) is 24.9. The molecule has 3 nitrogen and oxygen atoms in total. The summed E-state index contributed by atoms with van der Waals surface area (Å²) < 4.78 is 0. The number of thioether (sulfide) groups is 1. The van der Waals surface area contributed by atoms with E-state index in [1.54, 1.807) is 24.3 Å². The average Bonchev–Trinajstić information content (AvgIpc) is 2.50. The monoisotopic (exact) mass is 327 g/mol. The van der Waals surface area contributed by atoms with Gasteiger partial charge in [0.25, 0.3) is 0 Å². The third-order valence-corrected chi connectivity index (χ3v) is 4.82. The van der Waals surface area contributed by atoms with E-state index in [2.05, 4.69) is 37.4 Å². The van der Waals surface area contributed by atoms with Crippen molar-refractivity contribution in [3.05, 3.63) is 59.2 Å². The van der Waals surface area contributed by atoms with Crippen LogP contribution in [0.5, 0.6) is 0 Å². The molecular weight excluding hydrogens is 306 g/mol. The van der Waals surface area contributed by atoms with E-state index in [1.807, 2.05) is 6.92 Å². The zero-order valence-electron chi connectivity index (χ0n) is 13.8. The highest BCUT2D eigenvalue weighted by Crippen LogP contribution is 2.28. The predicted octanol–water partition coefficient (Wildman–Crippen LogP) is 4.63. The second kappa shape index (κ2) is 7.47. The molecular formula is C19H21NO2S. The van der Waals surface area contributed by atoms with Gasteiger partial charge < -0.3 is 5.32 Å². The van der Waals surface area contributed by atoms with Crippen molar-refractivity contribution in [2.75, 3.05) is 5.32 Å². The maximum absolute atomic E-state index is 12.4.